The van der Waals surface area contributed by atoms with Gasteiger partial charge in [-0.1, -0.05) is 30.3 Å². The highest BCUT2D eigenvalue weighted by atomic mass is 16.2. The van der Waals surface area contributed by atoms with E-state index in [0.717, 1.165) is 5.56 Å². The van der Waals surface area contributed by atoms with E-state index in [1.165, 1.54) is 6.33 Å². The molecule has 0 saturated carbocycles. The Morgan fingerprint density at radius 2 is 1.61 bits per heavy atom. The molecule has 11 nitrogen and oxygen atoms in total. The number of H-pyrrole nitrogens is 3. The third-order valence-electron chi connectivity index (χ3n) is 5.12. The van der Waals surface area contributed by atoms with Crippen molar-refractivity contribution >= 4 is 11.8 Å². The van der Waals surface area contributed by atoms with Gasteiger partial charge in [-0.25, -0.2) is 15.0 Å². The minimum absolute atomic E-state index is 0.207. The fraction of sp³-hybridized carbons (Fsp3) is 0.227. The van der Waals surface area contributed by atoms with Gasteiger partial charge in [0.2, 0.25) is 11.8 Å². The largest absolute Gasteiger partial charge is 0.348 e. The second kappa shape index (κ2) is 10.4. The van der Waals surface area contributed by atoms with E-state index in [2.05, 4.69) is 40.5 Å². The minimum Gasteiger partial charge on any atom is -0.348 e. The summed E-state index contributed by atoms with van der Waals surface area (Å²) in [6.07, 6.45) is 10.2. The third-order valence-corrected chi connectivity index (χ3v) is 5.12. The zero-order valence-electron chi connectivity index (χ0n) is 17.7. The molecular weight excluding hydrogens is 422 g/mol. The van der Waals surface area contributed by atoms with Crippen LogP contribution in [0.1, 0.15) is 28.9 Å². The number of imidazole rings is 3. The van der Waals surface area contributed by atoms with Crippen LogP contribution in [0, 0.1) is 0 Å². The lowest BCUT2D eigenvalue weighted by molar-refractivity contribution is -0.130. The summed E-state index contributed by atoms with van der Waals surface area (Å²) in [4.78, 5) is 47.6. The lowest BCUT2D eigenvalue weighted by Gasteiger charge is -2.23. The van der Waals surface area contributed by atoms with Gasteiger partial charge in [0.1, 0.15) is 23.7 Å². The normalized spacial score (nSPS) is 12.9. The molecule has 3 aromatic heterocycles. The number of hydrogen-bond donors (Lipinski definition) is 6. The van der Waals surface area contributed by atoms with Gasteiger partial charge in [-0.3, -0.25) is 9.59 Å². The van der Waals surface area contributed by atoms with Crippen molar-refractivity contribution in [1.82, 2.24) is 40.5 Å². The van der Waals surface area contributed by atoms with E-state index in [1.807, 2.05) is 30.3 Å². The molecule has 1 aromatic carbocycles. The van der Waals surface area contributed by atoms with E-state index in [-0.39, 0.29) is 6.42 Å². The summed E-state index contributed by atoms with van der Waals surface area (Å²) in [5.41, 5.74) is 7.76. The Morgan fingerprint density at radius 3 is 2.18 bits per heavy atom. The molecule has 0 saturated heterocycles. The summed E-state index contributed by atoms with van der Waals surface area (Å²) in [5.74, 6) is 0.171. The van der Waals surface area contributed by atoms with Crippen LogP contribution in [0.2, 0.25) is 0 Å². The first-order valence-electron chi connectivity index (χ1n) is 10.5. The quantitative estimate of drug-likeness (QED) is 0.205. The average molecular weight is 448 g/mol. The molecule has 0 bridgehead atoms. The number of rotatable bonds is 10. The molecule has 0 spiro atoms. The van der Waals surface area contributed by atoms with Crippen molar-refractivity contribution in [2.24, 2.45) is 5.73 Å². The molecule has 0 aliphatic heterocycles. The zero-order valence-corrected chi connectivity index (χ0v) is 17.7. The molecule has 33 heavy (non-hydrogen) atoms. The van der Waals surface area contributed by atoms with Crippen molar-refractivity contribution in [3.63, 3.8) is 0 Å². The van der Waals surface area contributed by atoms with E-state index in [4.69, 9.17) is 5.73 Å². The van der Waals surface area contributed by atoms with Crippen molar-refractivity contribution < 1.29 is 9.59 Å². The molecule has 11 heteroatoms. The molecule has 3 heterocycles. The smallest absolute Gasteiger partial charge is 0.243 e. The topological polar surface area (TPSA) is 170 Å². The van der Waals surface area contributed by atoms with E-state index < -0.39 is 29.9 Å². The highest BCUT2D eigenvalue weighted by molar-refractivity contribution is 5.90. The number of carbonyl (C=O) groups is 2. The van der Waals surface area contributed by atoms with E-state index in [9.17, 15) is 9.59 Å². The van der Waals surface area contributed by atoms with Crippen LogP contribution in [0.3, 0.4) is 0 Å². The number of benzene rings is 1. The first-order chi connectivity index (χ1) is 16.1. The first kappa shape index (κ1) is 22.0. The maximum absolute atomic E-state index is 13.3. The maximum Gasteiger partial charge on any atom is 0.243 e. The van der Waals surface area contributed by atoms with Crippen LogP contribution < -0.4 is 16.4 Å². The monoisotopic (exact) mass is 447 g/mol. The maximum atomic E-state index is 13.3. The van der Waals surface area contributed by atoms with Crippen molar-refractivity contribution in [1.29, 1.82) is 0 Å². The van der Waals surface area contributed by atoms with Gasteiger partial charge in [-0.05, 0) is 12.0 Å². The Morgan fingerprint density at radius 1 is 0.909 bits per heavy atom. The molecule has 0 radical (unpaired) electrons. The summed E-state index contributed by atoms with van der Waals surface area (Å²) in [5, 5.41) is 5.70. The standard InChI is InChI=1S/C22H25N9O2/c23-16(10-14-4-2-1-3-5-14)21(32)30-17(11-15-12-24-13-29-15)22(33)31-18(19-25-6-7-26-19)20-27-8-9-28-20/h1-9,12-13,16-18H,10-11,23H2,(H,24,29)(H,25,26)(H,27,28)(H,30,32)(H,31,33)/t16-,17-/m0/s1. The summed E-state index contributed by atoms with van der Waals surface area (Å²) in [6.45, 7) is 0. The van der Waals surface area contributed by atoms with Crippen LogP contribution in [-0.2, 0) is 22.4 Å². The molecular formula is C22H25N9O2. The van der Waals surface area contributed by atoms with E-state index >= 15 is 0 Å². The van der Waals surface area contributed by atoms with Gasteiger partial charge >= 0.3 is 0 Å². The second-order valence-corrected chi connectivity index (χ2v) is 7.53. The van der Waals surface area contributed by atoms with Crippen molar-refractivity contribution in [2.75, 3.05) is 0 Å². The van der Waals surface area contributed by atoms with Crippen LogP contribution >= 0.6 is 0 Å². The van der Waals surface area contributed by atoms with E-state index in [1.54, 1.807) is 31.0 Å². The fourth-order valence-corrected chi connectivity index (χ4v) is 3.44. The lowest BCUT2D eigenvalue weighted by Crippen LogP contribution is -2.53. The van der Waals surface area contributed by atoms with Gasteiger partial charge in [0, 0.05) is 43.1 Å². The highest BCUT2D eigenvalue weighted by Gasteiger charge is 2.29. The number of aromatic nitrogens is 6. The number of carbonyl (C=O) groups excluding carboxylic acids is 2. The van der Waals surface area contributed by atoms with Crippen LogP contribution in [0.5, 0.6) is 0 Å². The predicted octanol–water partition coefficient (Wildman–Crippen LogP) is 0.359. The summed E-state index contributed by atoms with van der Waals surface area (Å²) < 4.78 is 0. The van der Waals surface area contributed by atoms with Gasteiger partial charge in [-0.2, -0.15) is 0 Å². The molecule has 0 aliphatic rings. The molecule has 0 unspecified atom stereocenters. The Kier molecular flexibility index (Phi) is 6.90. The van der Waals surface area contributed by atoms with Gasteiger partial charge in [-0.15, -0.1) is 0 Å². The van der Waals surface area contributed by atoms with Crippen molar-refractivity contribution in [3.05, 3.63) is 90.5 Å². The average Bonchev–Trinajstić information content (AvgIpc) is 3.61. The molecule has 7 N–H and O–H groups in total. The number of hydrogen-bond acceptors (Lipinski definition) is 6. The minimum atomic E-state index is -0.896. The number of amides is 2. The molecule has 0 aliphatic carbocycles. The molecule has 170 valence electrons. The van der Waals surface area contributed by atoms with Crippen LogP contribution in [-0.4, -0.2) is 53.8 Å². The summed E-state index contributed by atoms with van der Waals surface area (Å²) in [7, 11) is 0. The second-order valence-electron chi connectivity index (χ2n) is 7.53. The van der Waals surface area contributed by atoms with Crippen molar-refractivity contribution in [3.8, 4) is 0 Å². The van der Waals surface area contributed by atoms with Gasteiger partial charge in [0.15, 0.2) is 0 Å². The third kappa shape index (κ3) is 5.71. The van der Waals surface area contributed by atoms with Crippen molar-refractivity contribution in [2.45, 2.75) is 31.0 Å². The number of nitrogens with two attached hydrogens (primary N) is 1. The van der Waals surface area contributed by atoms with Gasteiger partial charge in [0.25, 0.3) is 0 Å². The van der Waals surface area contributed by atoms with Gasteiger partial charge < -0.3 is 31.3 Å². The lowest BCUT2D eigenvalue weighted by atomic mass is 10.0. The molecule has 4 rings (SSSR count). The molecule has 2 amide bonds. The first-order valence-corrected chi connectivity index (χ1v) is 10.5. The molecule has 2 atom stereocenters. The Bertz CT molecular complexity index is 1090. The Balaban J connectivity index is 1.49. The van der Waals surface area contributed by atoms with Crippen LogP contribution in [0.25, 0.3) is 0 Å². The SMILES string of the molecule is N[C@@H](Cc1ccccc1)C(=O)N[C@@H](Cc1cnc[nH]1)C(=O)NC(c1ncc[nH]1)c1ncc[nH]1. The fourth-order valence-electron chi connectivity index (χ4n) is 3.44. The van der Waals surface area contributed by atoms with E-state index in [0.29, 0.717) is 23.8 Å². The Hall–Kier alpha value is -4.25. The molecule has 0 fully saturated rings. The Labute approximate surface area is 189 Å². The zero-order chi connectivity index (χ0) is 23.0. The van der Waals surface area contributed by atoms with Gasteiger partial charge in [0.05, 0.1) is 12.4 Å². The molecule has 4 aromatic rings. The number of nitrogens with one attached hydrogen (secondary N) is 5. The highest BCUT2D eigenvalue weighted by Crippen LogP contribution is 2.15. The summed E-state index contributed by atoms with van der Waals surface area (Å²) >= 11 is 0. The van der Waals surface area contributed by atoms with Crippen LogP contribution in [0.4, 0.5) is 0 Å². The number of aromatic amines is 3. The predicted molar refractivity (Wildman–Crippen MR) is 120 cm³/mol. The van der Waals surface area contributed by atoms with Crippen LogP contribution in [0.15, 0.2) is 67.6 Å². The number of nitrogens with zero attached hydrogens (tertiary/aromatic N) is 3. The summed E-state index contributed by atoms with van der Waals surface area (Å²) in [6, 6.07) is 7.12.